The molecule has 0 atom stereocenters. The summed E-state index contributed by atoms with van der Waals surface area (Å²) in [6.07, 6.45) is 3.74. The fourth-order valence-electron chi connectivity index (χ4n) is 3.32. The standard InChI is InChI=1S/C19H18ClN3O3/c20-14-4-8-17-12(10-14)2-1-9-22(17)19(24)13-3-7-16(21-15-5-6-15)18(11-13)23(25)26/h3-4,7-8,10-11,15,21H,1-2,5-6,9H2. The minimum absolute atomic E-state index is 0.0592. The average Bonchev–Trinajstić information content (AvgIpc) is 3.44. The van der Waals surface area contributed by atoms with Gasteiger partial charge in [0.2, 0.25) is 0 Å². The van der Waals surface area contributed by atoms with Crippen molar-refractivity contribution in [1.29, 1.82) is 0 Å². The number of nitrogens with zero attached hydrogens (tertiary/aromatic N) is 2. The highest BCUT2D eigenvalue weighted by atomic mass is 35.5. The van der Waals surface area contributed by atoms with Gasteiger partial charge in [-0.25, -0.2) is 0 Å². The maximum Gasteiger partial charge on any atom is 0.293 e. The van der Waals surface area contributed by atoms with Crippen LogP contribution in [0.3, 0.4) is 0 Å². The molecule has 2 aliphatic rings. The smallest absolute Gasteiger partial charge is 0.293 e. The zero-order chi connectivity index (χ0) is 18.3. The lowest BCUT2D eigenvalue weighted by molar-refractivity contribution is -0.384. The number of aryl methyl sites for hydroxylation is 1. The number of hydrogen-bond donors (Lipinski definition) is 1. The fraction of sp³-hybridized carbons (Fsp3) is 0.316. The van der Waals surface area contributed by atoms with Gasteiger partial charge in [-0.15, -0.1) is 0 Å². The van der Waals surface area contributed by atoms with E-state index in [1.54, 1.807) is 23.1 Å². The summed E-state index contributed by atoms with van der Waals surface area (Å²) in [5.41, 5.74) is 2.59. The van der Waals surface area contributed by atoms with Gasteiger partial charge in [0.1, 0.15) is 5.69 Å². The second-order valence-electron chi connectivity index (χ2n) is 6.74. The van der Waals surface area contributed by atoms with Crippen molar-refractivity contribution in [3.05, 3.63) is 62.7 Å². The molecule has 1 amide bonds. The first-order valence-electron chi connectivity index (χ1n) is 8.68. The molecule has 0 saturated heterocycles. The van der Waals surface area contributed by atoms with Crippen molar-refractivity contribution in [3.8, 4) is 0 Å². The number of benzene rings is 2. The summed E-state index contributed by atoms with van der Waals surface area (Å²) in [7, 11) is 0. The van der Waals surface area contributed by atoms with Crippen molar-refractivity contribution in [1.82, 2.24) is 0 Å². The third-order valence-electron chi connectivity index (χ3n) is 4.78. The van der Waals surface area contributed by atoms with E-state index in [0.717, 1.165) is 36.9 Å². The van der Waals surface area contributed by atoms with Crippen LogP contribution in [0.5, 0.6) is 0 Å². The van der Waals surface area contributed by atoms with E-state index in [0.29, 0.717) is 28.9 Å². The van der Waals surface area contributed by atoms with Gasteiger partial charge < -0.3 is 10.2 Å². The number of rotatable bonds is 4. The highest BCUT2D eigenvalue weighted by Crippen LogP contribution is 2.34. The summed E-state index contributed by atoms with van der Waals surface area (Å²) < 4.78 is 0. The molecule has 134 valence electrons. The lowest BCUT2D eigenvalue weighted by Gasteiger charge is -2.29. The molecule has 4 rings (SSSR count). The Labute approximate surface area is 155 Å². The Morgan fingerprint density at radius 1 is 1.23 bits per heavy atom. The number of nitro groups is 1. The minimum atomic E-state index is -0.439. The summed E-state index contributed by atoms with van der Waals surface area (Å²) in [5.74, 6) is -0.227. The second kappa shape index (κ2) is 6.61. The summed E-state index contributed by atoms with van der Waals surface area (Å²) in [6.45, 7) is 0.587. The van der Waals surface area contributed by atoms with Crippen LogP contribution >= 0.6 is 11.6 Å². The number of carbonyl (C=O) groups excluding carboxylic acids is 1. The van der Waals surface area contributed by atoms with E-state index >= 15 is 0 Å². The van der Waals surface area contributed by atoms with Crippen LogP contribution in [0, 0.1) is 10.1 Å². The third-order valence-corrected chi connectivity index (χ3v) is 5.02. The number of carbonyl (C=O) groups is 1. The Balaban J connectivity index is 1.66. The van der Waals surface area contributed by atoms with Gasteiger partial charge in [-0.3, -0.25) is 14.9 Å². The molecule has 1 N–H and O–H groups in total. The van der Waals surface area contributed by atoms with Crippen LogP contribution in [0.2, 0.25) is 5.02 Å². The first-order chi connectivity index (χ1) is 12.5. The minimum Gasteiger partial charge on any atom is -0.377 e. The van der Waals surface area contributed by atoms with Gasteiger partial charge in [0.25, 0.3) is 11.6 Å². The molecule has 1 heterocycles. The molecular weight excluding hydrogens is 354 g/mol. The van der Waals surface area contributed by atoms with Gasteiger partial charge in [0.05, 0.1) is 4.92 Å². The number of nitro benzene ring substituents is 1. The number of fused-ring (bicyclic) bond motifs is 1. The Bertz CT molecular complexity index is 896. The van der Waals surface area contributed by atoms with Gasteiger partial charge in [0.15, 0.2) is 0 Å². The SMILES string of the molecule is O=C(c1ccc(NC2CC2)c([N+](=O)[O-])c1)N1CCCc2cc(Cl)ccc21. The van der Waals surface area contributed by atoms with E-state index in [9.17, 15) is 14.9 Å². The molecule has 0 unspecified atom stereocenters. The molecule has 1 saturated carbocycles. The number of halogens is 1. The van der Waals surface area contributed by atoms with Gasteiger partial charge in [-0.2, -0.15) is 0 Å². The van der Waals surface area contributed by atoms with Crippen LogP contribution in [0.25, 0.3) is 0 Å². The number of hydrogen-bond acceptors (Lipinski definition) is 4. The van der Waals surface area contributed by atoms with Crippen LogP contribution in [0.15, 0.2) is 36.4 Å². The lowest BCUT2D eigenvalue weighted by atomic mass is 10.0. The molecule has 2 aromatic carbocycles. The van der Waals surface area contributed by atoms with Crippen LogP contribution in [-0.2, 0) is 6.42 Å². The number of anilines is 2. The predicted octanol–water partition coefficient (Wildman–Crippen LogP) is 4.42. The zero-order valence-electron chi connectivity index (χ0n) is 14.1. The zero-order valence-corrected chi connectivity index (χ0v) is 14.8. The van der Waals surface area contributed by atoms with E-state index in [2.05, 4.69) is 5.32 Å². The first-order valence-corrected chi connectivity index (χ1v) is 9.06. The van der Waals surface area contributed by atoms with E-state index in [1.165, 1.54) is 6.07 Å². The first kappa shape index (κ1) is 16.8. The van der Waals surface area contributed by atoms with Crippen LogP contribution < -0.4 is 10.2 Å². The average molecular weight is 372 g/mol. The molecule has 1 fully saturated rings. The van der Waals surface area contributed by atoms with Crippen molar-refractivity contribution in [2.24, 2.45) is 0 Å². The highest BCUT2D eigenvalue weighted by Gasteiger charge is 2.28. The predicted molar refractivity (Wildman–Crippen MR) is 101 cm³/mol. The van der Waals surface area contributed by atoms with E-state index in [4.69, 9.17) is 11.6 Å². The fourth-order valence-corrected chi connectivity index (χ4v) is 3.51. The van der Waals surface area contributed by atoms with Crippen molar-refractivity contribution in [3.63, 3.8) is 0 Å². The summed E-state index contributed by atoms with van der Waals surface area (Å²) in [4.78, 5) is 25.7. The molecule has 1 aliphatic carbocycles. The Morgan fingerprint density at radius 2 is 2.04 bits per heavy atom. The van der Waals surface area contributed by atoms with Crippen molar-refractivity contribution < 1.29 is 9.72 Å². The molecule has 0 radical (unpaired) electrons. The van der Waals surface area contributed by atoms with Crippen LogP contribution in [0.4, 0.5) is 17.1 Å². The monoisotopic (exact) mass is 371 g/mol. The maximum absolute atomic E-state index is 13.0. The van der Waals surface area contributed by atoms with Gasteiger partial charge in [-0.05, 0) is 61.6 Å². The summed E-state index contributed by atoms with van der Waals surface area (Å²) in [5, 5.41) is 15.2. The van der Waals surface area contributed by atoms with E-state index in [-0.39, 0.29) is 11.6 Å². The van der Waals surface area contributed by atoms with Gasteiger partial charge in [0, 0.05) is 34.9 Å². The summed E-state index contributed by atoms with van der Waals surface area (Å²) in [6, 6.07) is 10.4. The largest absolute Gasteiger partial charge is 0.377 e. The normalized spacial score (nSPS) is 16.1. The van der Waals surface area contributed by atoms with Crippen LogP contribution in [0.1, 0.15) is 35.2 Å². The summed E-state index contributed by atoms with van der Waals surface area (Å²) >= 11 is 6.06. The van der Waals surface area contributed by atoms with E-state index in [1.807, 2.05) is 12.1 Å². The Kier molecular flexibility index (Phi) is 4.28. The Morgan fingerprint density at radius 3 is 2.77 bits per heavy atom. The molecule has 0 bridgehead atoms. The van der Waals surface area contributed by atoms with E-state index < -0.39 is 4.92 Å². The van der Waals surface area contributed by atoms with Crippen molar-refractivity contribution >= 4 is 34.6 Å². The molecule has 0 spiro atoms. The quantitative estimate of drug-likeness (QED) is 0.637. The van der Waals surface area contributed by atoms with Crippen molar-refractivity contribution in [2.45, 2.75) is 31.7 Å². The van der Waals surface area contributed by atoms with Crippen molar-refractivity contribution in [2.75, 3.05) is 16.8 Å². The lowest BCUT2D eigenvalue weighted by Crippen LogP contribution is -2.35. The molecular formula is C19H18ClN3O3. The number of amides is 1. The third kappa shape index (κ3) is 3.24. The highest BCUT2D eigenvalue weighted by molar-refractivity contribution is 6.30. The van der Waals surface area contributed by atoms with Gasteiger partial charge >= 0.3 is 0 Å². The molecule has 26 heavy (non-hydrogen) atoms. The topological polar surface area (TPSA) is 75.5 Å². The molecule has 7 heteroatoms. The molecule has 6 nitrogen and oxygen atoms in total. The van der Waals surface area contributed by atoms with Crippen LogP contribution in [-0.4, -0.2) is 23.4 Å². The van der Waals surface area contributed by atoms with Gasteiger partial charge in [-0.1, -0.05) is 11.6 Å². The second-order valence-corrected chi connectivity index (χ2v) is 7.18. The molecule has 1 aliphatic heterocycles. The maximum atomic E-state index is 13.0. The Hall–Kier alpha value is -2.60. The molecule has 0 aromatic heterocycles. The molecule has 2 aromatic rings. The number of nitrogens with one attached hydrogen (secondary N) is 1.